The van der Waals surface area contributed by atoms with Crippen molar-refractivity contribution in [3.8, 4) is 11.5 Å². The quantitative estimate of drug-likeness (QED) is 0.920. The molecule has 2 aromatic carbocycles. The van der Waals surface area contributed by atoms with Gasteiger partial charge in [-0.3, -0.25) is 4.90 Å². The maximum Gasteiger partial charge on any atom is 0.123 e. The fourth-order valence-electron chi connectivity index (χ4n) is 3.23. The summed E-state index contributed by atoms with van der Waals surface area (Å²) in [6.45, 7) is 4.05. The van der Waals surface area contributed by atoms with E-state index in [-0.39, 0.29) is 6.04 Å². The minimum absolute atomic E-state index is 0.170. The summed E-state index contributed by atoms with van der Waals surface area (Å²) >= 11 is 0. The highest BCUT2D eigenvalue weighted by Crippen LogP contribution is 2.35. The van der Waals surface area contributed by atoms with Gasteiger partial charge < -0.3 is 14.8 Å². The Morgan fingerprint density at radius 3 is 2.48 bits per heavy atom. The van der Waals surface area contributed by atoms with Crippen LogP contribution in [0, 0.1) is 0 Å². The molecule has 1 atom stereocenters. The van der Waals surface area contributed by atoms with Crippen LogP contribution in [0.15, 0.2) is 48.5 Å². The van der Waals surface area contributed by atoms with Gasteiger partial charge in [0.2, 0.25) is 0 Å². The number of rotatable bonds is 5. The highest BCUT2D eigenvalue weighted by atomic mass is 16.5. The molecule has 122 valence electrons. The zero-order chi connectivity index (χ0) is 16.1. The van der Waals surface area contributed by atoms with Crippen LogP contribution < -0.4 is 14.8 Å². The van der Waals surface area contributed by atoms with Gasteiger partial charge >= 0.3 is 0 Å². The lowest BCUT2D eigenvalue weighted by atomic mass is 9.95. The first-order valence-corrected chi connectivity index (χ1v) is 8.05. The number of para-hydroxylation sites is 1. The van der Waals surface area contributed by atoms with Crippen LogP contribution in [-0.2, 0) is 0 Å². The SMILES string of the molecule is COc1cccc(C(c2ccccc2OC)N2CCNCC2)c1. The molecule has 1 fully saturated rings. The summed E-state index contributed by atoms with van der Waals surface area (Å²) in [6, 6.07) is 16.8. The van der Waals surface area contributed by atoms with Crippen molar-refractivity contribution in [2.75, 3.05) is 40.4 Å². The second-order valence-corrected chi connectivity index (χ2v) is 5.71. The fourth-order valence-corrected chi connectivity index (χ4v) is 3.23. The van der Waals surface area contributed by atoms with Gasteiger partial charge in [-0.1, -0.05) is 30.3 Å². The molecule has 1 unspecified atom stereocenters. The second kappa shape index (κ2) is 7.49. The average molecular weight is 312 g/mol. The highest BCUT2D eigenvalue weighted by Gasteiger charge is 2.26. The minimum atomic E-state index is 0.170. The first kappa shape index (κ1) is 15.8. The number of nitrogens with zero attached hydrogens (tertiary/aromatic N) is 1. The summed E-state index contributed by atoms with van der Waals surface area (Å²) in [5.74, 6) is 1.82. The van der Waals surface area contributed by atoms with Gasteiger partial charge in [-0.05, 0) is 23.8 Å². The topological polar surface area (TPSA) is 33.7 Å². The van der Waals surface area contributed by atoms with E-state index >= 15 is 0 Å². The van der Waals surface area contributed by atoms with Crippen molar-refractivity contribution in [3.63, 3.8) is 0 Å². The van der Waals surface area contributed by atoms with E-state index in [4.69, 9.17) is 9.47 Å². The molecule has 0 amide bonds. The van der Waals surface area contributed by atoms with E-state index in [1.807, 2.05) is 18.2 Å². The lowest BCUT2D eigenvalue weighted by Gasteiger charge is -2.36. The van der Waals surface area contributed by atoms with Crippen molar-refractivity contribution in [3.05, 3.63) is 59.7 Å². The number of hydrogen-bond donors (Lipinski definition) is 1. The highest BCUT2D eigenvalue weighted by molar-refractivity contribution is 5.43. The zero-order valence-corrected chi connectivity index (χ0v) is 13.8. The lowest BCUT2D eigenvalue weighted by Crippen LogP contribution is -2.45. The van der Waals surface area contributed by atoms with Gasteiger partial charge in [0, 0.05) is 31.7 Å². The van der Waals surface area contributed by atoms with E-state index in [2.05, 4.69) is 40.5 Å². The molecule has 0 aliphatic carbocycles. The number of ether oxygens (including phenoxy) is 2. The van der Waals surface area contributed by atoms with Gasteiger partial charge in [-0.15, -0.1) is 0 Å². The van der Waals surface area contributed by atoms with Gasteiger partial charge in [-0.25, -0.2) is 0 Å². The molecule has 4 nitrogen and oxygen atoms in total. The van der Waals surface area contributed by atoms with Crippen LogP contribution in [0.4, 0.5) is 0 Å². The Labute approximate surface area is 138 Å². The molecule has 0 aromatic heterocycles. The van der Waals surface area contributed by atoms with Crippen molar-refractivity contribution >= 4 is 0 Å². The molecule has 2 aromatic rings. The normalized spacial score (nSPS) is 16.8. The van der Waals surface area contributed by atoms with Gasteiger partial charge in [0.05, 0.1) is 20.3 Å². The molecule has 0 radical (unpaired) electrons. The standard InChI is InChI=1S/C19H24N2O2/c1-22-16-7-5-6-15(14-16)19(21-12-10-20-11-13-21)17-8-3-4-9-18(17)23-2/h3-9,14,19-20H,10-13H2,1-2H3. The Balaban J connectivity index is 2.05. The molecule has 1 aliphatic heterocycles. The van der Waals surface area contributed by atoms with E-state index in [0.29, 0.717) is 0 Å². The molecule has 0 bridgehead atoms. The van der Waals surface area contributed by atoms with Crippen LogP contribution in [0.1, 0.15) is 17.2 Å². The predicted molar refractivity (Wildman–Crippen MR) is 92.3 cm³/mol. The van der Waals surface area contributed by atoms with Crippen LogP contribution in [-0.4, -0.2) is 45.3 Å². The molecular weight excluding hydrogens is 288 g/mol. The number of piperazine rings is 1. The van der Waals surface area contributed by atoms with Crippen LogP contribution in [0.5, 0.6) is 11.5 Å². The minimum Gasteiger partial charge on any atom is -0.497 e. The van der Waals surface area contributed by atoms with E-state index in [1.165, 1.54) is 11.1 Å². The Morgan fingerprint density at radius 1 is 0.957 bits per heavy atom. The predicted octanol–water partition coefficient (Wildman–Crippen LogP) is 2.70. The smallest absolute Gasteiger partial charge is 0.123 e. The monoisotopic (exact) mass is 312 g/mol. The maximum absolute atomic E-state index is 5.62. The van der Waals surface area contributed by atoms with Crippen molar-refractivity contribution in [1.82, 2.24) is 10.2 Å². The summed E-state index contributed by atoms with van der Waals surface area (Å²) in [4.78, 5) is 2.50. The molecular formula is C19H24N2O2. The van der Waals surface area contributed by atoms with E-state index in [0.717, 1.165) is 37.7 Å². The summed E-state index contributed by atoms with van der Waals surface area (Å²) in [5, 5.41) is 3.43. The number of hydrogen-bond acceptors (Lipinski definition) is 4. The molecule has 23 heavy (non-hydrogen) atoms. The van der Waals surface area contributed by atoms with E-state index in [9.17, 15) is 0 Å². The maximum atomic E-state index is 5.62. The summed E-state index contributed by atoms with van der Waals surface area (Å²) in [7, 11) is 3.45. The van der Waals surface area contributed by atoms with E-state index < -0.39 is 0 Å². The van der Waals surface area contributed by atoms with Crippen LogP contribution in [0.3, 0.4) is 0 Å². The molecule has 1 aliphatic rings. The van der Waals surface area contributed by atoms with Crippen molar-refractivity contribution < 1.29 is 9.47 Å². The molecule has 1 N–H and O–H groups in total. The largest absolute Gasteiger partial charge is 0.497 e. The van der Waals surface area contributed by atoms with Crippen LogP contribution in [0.25, 0.3) is 0 Å². The van der Waals surface area contributed by atoms with Gasteiger partial charge in [0.15, 0.2) is 0 Å². The van der Waals surface area contributed by atoms with Crippen LogP contribution >= 0.6 is 0 Å². The molecule has 1 heterocycles. The third-order valence-corrected chi connectivity index (χ3v) is 4.36. The van der Waals surface area contributed by atoms with Gasteiger partial charge in [0.1, 0.15) is 11.5 Å². The Bertz CT molecular complexity index is 639. The Kier molecular flexibility index (Phi) is 5.16. The summed E-state index contributed by atoms with van der Waals surface area (Å²) < 4.78 is 11.0. The first-order valence-electron chi connectivity index (χ1n) is 8.05. The summed E-state index contributed by atoms with van der Waals surface area (Å²) in [5.41, 5.74) is 2.43. The zero-order valence-electron chi connectivity index (χ0n) is 13.8. The van der Waals surface area contributed by atoms with E-state index in [1.54, 1.807) is 14.2 Å². The average Bonchev–Trinajstić information content (AvgIpc) is 2.63. The molecule has 4 heteroatoms. The van der Waals surface area contributed by atoms with Gasteiger partial charge in [-0.2, -0.15) is 0 Å². The number of methoxy groups -OCH3 is 2. The second-order valence-electron chi connectivity index (χ2n) is 5.71. The van der Waals surface area contributed by atoms with Crippen LogP contribution in [0.2, 0.25) is 0 Å². The summed E-state index contributed by atoms with van der Waals surface area (Å²) in [6.07, 6.45) is 0. The fraction of sp³-hybridized carbons (Fsp3) is 0.368. The van der Waals surface area contributed by atoms with Gasteiger partial charge in [0.25, 0.3) is 0 Å². The van der Waals surface area contributed by atoms with Crippen molar-refractivity contribution in [2.45, 2.75) is 6.04 Å². The van der Waals surface area contributed by atoms with Crippen molar-refractivity contribution in [2.24, 2.45) is 0 Å². The third-order valence-electron chi connectivity index (χ3n) is 4.36. The number of benzene rings is 2. The Hall–Kier alpha value is -2.04. The molecule has 3 rings (SSSR count). The Morgan fingerprint density at radius 2 is 1.74 bits per heavy atom. The third kappa shape index (κ3) is 3.49. The molecule has 0 saturated carbocycles. The molecule has 1 saturated heterocycles. The first-order chi connectivity index (χ1) is 11.3. The van der Waals surface area contributed by atoms with Crippen molar-refractivity contribution in [1.29, 1.82) is 0 Å². The lowest BCUT2D eigenvalue weighted by molar-refractivity contribution is 0.195. The molecule has 0 spiro atoms. The number of nitrogens with one attached hydrogen (secondary N) is 1.